The van der Waals surface area contributed by atoms with Crippen LogP contribution < -0.4 is 15.4 Å². The van der Waals surface area contributed by atoms with Crippen LogP contribution in [0.1, 0.15) is 69.9 Å². The second-order valence-electron chi connectivity index (χ2n) is 13.7. The average molecular weight is 803 g/mol. The van der Waals surface area contributed by atoms with E-state index in [1.54, 1.807) is 56.3 Å². The number of azide groups is 1. The number of carbonyl (C=O) groups excluding carboxylic acids is 5. The smallest absolute Gasteiger partial charge is 0.347 e. The van der Waals surface area contributed by atoms with E-state index in [2.05, 4.69) is 20.7 Å². The molecule has 0 spiro atoms. The van der Waals surface area contributed by atoms with Gasteiger partial charge in [0.05, 0.1) is 23.4 Å². The van der Waals surface area contributed by atoms with Crippen LogP contribution in [-0.2, 0) is 44.6 Å². The monoisotopic (exact) mass is 801 g/mol. The normalized spacial score (nSPS) is 22.1. The molecule has 2 aromatic carbocycles. The van der Waals surface area contributed by atoms with Crippen LogP contribution in [0.3, 0.4) is 0 Å². The fourth-order valence-electron chi connectivity index (χ4n) is 5.76. The minimum Gasteiger partial charge on any atom is -0.495 e. The van der Waals surface area contributed by atoms with Gasteiger partial charge in [-0.25, -0.2) is 4.79 Å². The molecule has 55 heavy (non-hydrogen) atoms. The quantitative estimate of drug-likeness (QED) is 0.0404. The second-order valence-corrected chi connectivity index (χ2v) is 14.6. The van der Waals surface area contributed by atoms with Crippen LogP contribution in [0.4, 0.5) is 0 Å². The van der Waals surface area contributed by atoms with E-state index in [-0.39, 0.29) is 51.1 Å². The maximum absolute atomic E-state index is 13.8. The van der Waals surface area contributed by atoms with Crippen molar-refractivity contribution in [2.75, 3.05) is 20.2 Å². The molecule has 0 unspecified atom stereocenters. The Morgan fingerprint density at radius 3 is 2.45 bits per heavy atom. The first-order valence-electron chi connectivity index (χ1n) is 18.1. The molecule has 0 saturated heterocycles. The van der Waals surface area contributed by atoms with Crippen LogP contribution in [0.2, 0.25) is 5.02 Å². The van der Waals surface area contributed by atoms with Gasteiger partial charge in [0.15, 0.2) is 6.10 Å². The number of amides is 2. The topological polar surface area (TPSA) is 195 Å². The number of nitrogens with zero attached hydrogens (tertiary/aromatic N) is 3. The number of alkyl halides is 1. The van der Waals surface area contributed by atoms with E-state index in [9.17, 15) is 24.0 Å². The number of halogens is 2. The summed E-state index contributed by atoms with van der Waals surface area (Å²) in [6, 6.07) is 12.9. The van der Waals surface area contributed by atoms with Gasteiger partial charge in [0, 0.05) is 43.2 Å². The summed E-state index contributed by atoms with van der Waals surface area (Å²) in [5.41, 5.74) is 9.88. The number of benzene rings is 2. The van der Waals surface area contributed by atoms with Crippen LogP contribution in [-0.4, -0.2) is 74.3 Å². The first-order valence-corrected chi connectivity index (χ1v) is 18.9. The summed E-state index contributed by atoms with van der Waals surface area (Å²) in [5.74, 6) is -4.62. The summed E-state index contributed by atoms with van der Waals surface area (Å²) < 4.78 is 22.9. The lowest BCUT2D eigenvalue weighted by Gasteiger charge is -2.34. The van der Waals surface area contributed by atoms with Gasteiger partial charge in [-0.2, -0.15) is 0 Å². The molecule has 1 aliphatic rings. The molecule has 2 amide bonds. The molecular weight excluding hydrogens is 753 g/mol. The van der Waals surface area contributed by atoms with Crippen molar-refractivity contribution in [3.63, 3.8) is 0 Å². The van der Waals surface area contributed by atoms with E-state index in [1.165, 1.54) is 19.3 Å². The van der Waals surface area contributed by atoms with Gasteiger partial charge in [0.1, 0.15) is 24.0 Å². The van der Waals surface area contributed by atoms with Gasteiger partial charge < -0.3 is 29.6 Å². The lowest BCUT2D eigenvalue weighted by Crippen LogP contribution is -2.49. The highest BCUT2D eigenvalue weighted by Gasteiger charge is 2.38. The number of hydrogen-bond donors (Lipinski definition) is 2. The number of methoxy groups -OCH3 is 1. The lowest BCUT2D eigenvalue weighted by atomic mass is 9.90. The number of carbonyl (C=O) groups is 5. The van der Waals surface area contributed by atoms with Crippen molar-refractivity contribution in [2.24, 2.45) is 22.9 Å². The van der Waals surface area contributed by atoms with Crippen LogP contribution in [0.5, 0.6) is 5.75 Å². The number of nitrogens with one attached hydrogen (secondary N) is 2. The zero-order valence-electron chi connectivity index (χ0n) is 31.6. The summed E-state index contributed by atoms with van der Waals surface area (Å²) in [6.07, 6.45) is -0.346. The number of esters is 3. The molecular formula is C39H49Cl2N5O9. The highest BCUT2D eigenvalue weighted by atomic mass is 35.5. The molecule has 0 aromatic heterocycles. The molecule has 0 saturated carbocycles. The van der Waals surface area contributed by atoms with E-state index in [1.807, 2.05) is 19.9 Å². The van der Waals surface area contributed by atoms with E-state index in [0.717, 1.165) is 0 Å². The molecule has 298 valence electrons. The number of hydrogen-bond acceptors (Lipinski definition) is 10. The van der Waals surface area contributed by atoms with Gasteiger partial charge in [0.2, 0.25) is 11.8 Å². The molecule has 1 aliphatic heterocycles. The first-order chi connectivity index (χ1) is 26.2. The van der Waals surface area contributed by atoms with Gasteiger partial charge in [-0.15, -0.1) is 11.6 Å². The van der Waals surface area contributed by atoms with E-state index in [0.29, 0.717) is 21.9 Å². The van der Waals surface area contributed by atoms with Crippen molar-refractivity contribution in [1.82, 2.24) is 10.6 Å². The van der Waals surface area contributed by atoms with E-state index >= 15 is 0 Å². The summed E-state index contributed by atoms with van der Waals surface area (Å²) in [6.45, 7) is 6.91. The highest BCUT2D eigenvalue weighted by Crippen LogP contribution is 2.35. The Labute approximate surface area is 331 Å². The van der Waals surface area contributed by atoms with Crippen molar-refractivity contribution in [1.29, 1.82) is 0 Å². The first kappa shape index (κ1) is 44.6. The zero-order valence-corrected chi connectivity index (χ0v) is 33.1. The van der Waals surface area contributed by atoms with Gasteiger partial charge in [-0.3, -0.25) is 19.2 Å². The average Bonchev–Trinajstić information content (AvgIpc) is 3.15. The number of ether oxygens (including phenoxy) is 4. The molecule has 0 fully saturated rings. The molecule has 2 N–H and O–H groups in total. The fourth-order valence-corrected chi connectivity index (χ4v) is 6.47. The van der Waals surface area contributed by atoms with Crippen molar-refractivity contribution < 1.29 is 42.9 Å². The molecule has 16 heteroatoms. The fraction of sp³-hybridized carbons (Fsp3) is 0.513. The van der Waals surface area contributed by atoms with Gasteiger partial charge in [-0.05, 0) is 53.6 Å². The Balaban J connectivity index is 2.01. The van der Waals surface area contributed by atoms with E-state index in [4.69, 9.17) is 47.7 Å². The zero-order chi connectivity index (χ0) is 40.5. The Morgan fingerprint density at radius 1 is 1.07 bits per heavy atom. The standard InChI is InChI=1S/C39H49Cl2N5O9/c1-23(2)19-32-39(51)53-30(25(4)36(35(41)27-11-7-6-8-12-27)55-34(48)15-10-18-44-46-42)13-9-14-33(47)45-29(37(49)43-22-24(3)38(50)54-32)21-26-16-17-31(52-5)28(40)20-26/h6-9,11-12,14,16-17,20,23-25,29-30,32,35-36H,10,13,15,18-19,21-22H2,1-5H3,(H,43,49)(H,45,47)/b14-9+/t24-,25+,29-,30+,32+,35+,36-/m1/s1. The van der Waals surface area contributed by atoms with Gasteiger partial charge in [0.25, 0.3) is 0 Å². The minimum atomic E-state index is -1.30. The van der Waals surface area contributed by atoms with Crippen LogP contribution in [0, 0.1) is 17.8 Å². The summed E-state index contributed by atoms with van der Waals surface area (Å²) in [7, 11) is 1.48. The van der Waals surface area contributed by atoms with Crippen LogP contribution >= 0.6 is 23.2 Å². The van der Waals surface area contributed by atoms with Crippen molar-refractivity contribution in [3.8, 4) is 5.75 Å². The maximum Gasteiger partial charge on any atom is 0.347 e. The van der Waals surface area contributed by atoms with Gasteiger partial charge >= 0.3 is 17.9 Å². The predicted molar refractivity (Wildman–Crippen MR) is 206 cm³/mol. The Bertz CT molecular complexity index is 1700. The third-order valence-corrected chi connectivity index (χ3v) is 9.66. The van der Waals surface area contributed by atoms with Crippen LogP contribution in [0.25, 0.3) is 10.4 Å². The predicted octanol–water partition coefficient (Wildman–Crippen LogP) is 6.58. The molecule has 0 radical (unpaired) electrons. The van der Waals surface area contributed by atoms with Crippen LogP contribution in [0.15, 0.2) is 65.8 Å². The minimum absolute atomic E-state index is 0.0483. The third kappa shape index (κ3) is 14.4. The summed E-state index contributed by atoms with van der Waals surface area (Å²) in [5, 5.41) is 8.31. The molecule has 14 nitrogen and oxygen atoms in total. The molecule has 0 bridgehead atoms. The van der Waals surface area contributed by atoms with E-state index < -0.39 is 71.3 Å². The molecule has 0 aliphatic carbocycles. The number of cyclic esters (lactones) is 2. The van der Waals surface area contributed by atoms with Crippen molar-refractivity contribution in [2.45, 2.75) is 89.5 Å². The molecule has 3 rings (SSSR count). The second kappa shape index (κ2) is 22.6. The molecule has 1 heterocycles. The Morgan fingerprint density at radius 2 is 1.80 bits per heavy atom. The Kier molecular flexibility index (Phi) is 18.3. The highest BCUT2D eigenvalue weighted by molar-refractivity contribution is 6.32. The largest absolute Gasteiger partial charge is 0.495 e. The maximum atomic E-state index is 13.8. The third-order valence-electron chi connectivity index (χ3n) is 8.87. The van der Waals surface area contributed by atoms with Gasteiger partial charge in [-0.1, -0.05) is 86.9 Å². The molecule has 2 aromatic rings. The lowest BCUT2D eigenvalue weighted by molar-refractivity contribution is -0.179. The molecule has 7 atom stereocenters. The van der Waals surface area contributed by atoms with Crippen molar-refractivity contribution >= 4 is 52.9 Å². The van der Waals surface area contributed by atoms with Crippen molar-refractivity contribution in [3.05, 3.63) is 87.3 Å². The summed E-state index contributed by atoms with van der Waals surface area (Å²) in [4.78, 5) is 69.7. The summed E-state index contributed by atoms with van der Waals surface area (Å²) >= 11 is 13.3. The SMILES string of the molecule is COc1ccc(C[C@H]2NC(=O)/C=C/C[C@@H]([C@H](C)[C@@H](OC(=O)CCCN=[N+]=[N-])[C@@H](Cl)c3ccccc3)OC(=O)[C@H](CC(C)C)OC(=O)[C@H](C)CNC2=O)cc1Cl. The number of rotatable bonds is 14. The Hall–Kier alpha value is -4.78.